The summed E-state index contributed by atoms with van der Waals surface area (Å²) >= 11 is 1.52. The molecule has 5 heteroatoms. The van der Waals surface area contributed by atoms with Crippen LogP contribution in [0.1, 0.15) is 41.3 Å². The molecule has 0 bridgehead atoms. The van der Waals surface area contributed by atoms with Crippen LogP contribution in [0, 0.1) is 6.92 Å². The third-order valence-electron chi connectivity index (χ3n) is 5.10. The van der Waals surface area contributed by atoms with Crippen molar-refractivity contribution < 1.29 is 9.53 Å². The van der Waals surface area contributed by atoms with Gasteiger partial charge in [0.15, 0.2) is 0 Å². The van der Waals surface area contributed by atoms with Gasteiger partial charge in [0.1, 0.15) is 10.6 Å². The van der Waals surface area contributed by atoms with Crippen LogP contribution in [-0.4, -0.2) is 31.9 Å². The van der Waals surface area contributed by atoms with Crippen LogP contribution in [0.5, 0.6) is 0 Å². The van der Waals surface area contributed by atoms with Crippen LogP contribution in [0.3, 0.4) is 0 Å². The van der Waals surface area contributed by atoms with Crippen LogP contribution >= 0.6 is 11.3 Å². The van der Waals surface area contributed by atoms with Crippen molar-refractivity contribution in [2.75, 3.05) is 24.6 Å². The molecule has 28 heavy (non-hydrogen) atoms. The number of anilines is 1. The number of nitrogens with zero attached hydrogens (tertiary/aromatic N) is 2. The minimum Gasteiger partial charge on any atom is -0.462 e. The zero-order chi connectivity index (χ0) is 19.5. The van der Waals surface area contributed by atoms with Crippen molar-refractivity contribution in [3.05, 3.63) is 59.2 Å². The van der Waals surface area contributed by atoms with Crippen molar-refractivity contribution in [2.45, 2.75) is 26.7 Å². The fraction of sp³-hybridized carbons (Fsp3) is 0.304. The summed E-state index contributed by atoms with van der Waals surface area (Å²) in [5.74, 6) is -0.312. The Balaban J connectivity index is 1.67. The van der Waals surface area contributed by atoms with Crippen LogP contribution in [0.2, 0.25) is 0 Å². The number of esters is 1. The maximum absolute atomic E-state index is 12.5. The zero-order valence-corrected chi connectivity index (χ0v) is 17.1. The van der Waals surface area contributed by atoms with Gasteiger partial charge in [-0.2, -0.15) is 0 Å². The zero-order valence-electron chi connectivity index (χ0n) is 16.3. The summed E-state index contributed by atoms with van der Waals surface area (Å²) in [5, 5.41) is 1.60. The van der Waals surface area contributed by atoms with Gasteiger partial charge in [0.05, 0.1) is 6.61 Å². The number of hydrogen-bond donors (Lipinski definition) is 0. The molecule has 1 aliphatic heterocycles. The van der Waals surface area contributed by atoms with Crippen LogP contribution < -0.4 is 4.90 Å². The largest absolute Gasteiger partial charge is 0.462 e. The highest BCUT2D eigenvalue weighted by Gasteiger charge is 2.19. The van der Waals surface area contributed by atoms with E-state index < -0.39 is 0 Å². The van der Waals surface area contributed by atoms with Crippen molar-refractivity contribution in [1.82, 2.24) is 0 Å². The number of carbonyl (C=O) groups excluding carboxylic acids is 1. The van der Waals surface area contributed by atoms with E-state index >= 15 is 0 Å². The van der Waals surface area contributed by atoms with Crippen molar-refractivity contribution in [2.24, 2.45) is 4.99 Å². The molecular weight excluding hydrogens is 368 g/mol. The highest BCUT2D eigenvalue weighted by molar-refractivity contribution is 7.23. The minimum absolute atomic E-state index is 0.312. The summed E-state index contributed by atoms with van der Waals surface area (Å²) in [6.45, 7) is 6.55. The lowest BCUT2D eigenvalue weighted by atomic mass is 10.1. The molecule has 0 amide bonds. The van der Waals surface area contributed by atoms with Crippen LogP contribution in [-0.2, 0) is 4.74 Å². The lowest BCUT2D eigenvalue weighted by Gasteiger charge is -2.18. The smallest absolute Gasteiger partial charge is 0.341 e. The minimum atomic E-state index is -0.312. The molecule has 1 aliphatic rings. The molecule has 1 aromatic heterocycles. The molecule has 1 fully saturated rings. The van der Waals surface area contributed by atoms with Gasteiger partial charge < -0.3 is 9.64 Å². The number of fused-ring (bicyclic) bond motifs is 1. The third-order valence-corrected chi connectivity index (χ3v) is 6.18. The molecule has 0 radical (unpaired) electrons. The van der Waals surface area contributed by atoms with Gasteiger partial charge in [-0.05, 0) is 56.0 Å². The fourth-order valence-corrected chi connectivity index (χ4v) is 4.66. The standard InChI is InChI=1S/C23H24N2O2S/c1-3-27-23(26)21-19-8-4-5-9-20(19)28-22(21)24-15-17-10-11-18(14-16(17)2)25-12-6-7-13-25/h4-5,8-11,14-15H,3,6-7,12-13H2,1-2H3. The van der Waals surface area contributed by atoms with Gasteiger partial charge in [-0.25, -0.2) is 9.79 Å². The summed E-state index contributed by atoms with van der Waals surface area (Å²) in [5.41, 5.74) is 4.09. The van der Waals surface area contributed by atoms with Crippen molar-refractivity contribution in [1.29, 1.82) is 0 Å². The Morgan fingerprint density at radius 1 is 1.21 bits per heavy atom. The lowest BCUT2D eigenvalue weighted by molar-refractivity contribution is 0.0530. The second-order valence-corrected chi connectivity index (χ2v) is 8.02. The van der Waals surface area contributed by atoms with Crippen LogP contribution in [0.4, 0.5) is 10.7 Å². The van der Waals surface area contributed by atoms with Crippen molar-refractivity contribution >= 4 is 44.3 Å². The number of aryl methyl sites for hydroxylation is 1. The third kappa shape index (κ3) is 3.67. The van der Waals surface area contributed by atoms with E-state index in [0.29, 0.717) is 17.2 Å². The topological polar surface area (TPSA) is 41.9 Å². The van der Waals surface area contributed by atoms with E-state index in [1.807, 2.05) is 37.4 Å². The summed E-state index contributed by atoms with van der Waals surface area (Å²) in [6, 6.07) is 14.4. The monoisotopic (exact) mass is 392 g/mol. The van der Waals surface area contributed by atoms with E-state index in [2.05, 4.69) is 35.0 Å². The molecule has 0 atom stereocenters. The van der Waals surface area contributed by atoms with Crippen molar-refractivity contribution in [3.8, 4) is 0 Å². The Bertz CT molecular complexity index is 1030. The normalized spacial score (nSPS) is 14.3. The van der Waals surface area contributed by atoms with E-state index in [4.69, 9.17) is 4.74 Å². The molecule has 4 rings (SSSR count). The highest BCUT2D eigenvalue weighted by atomic mass is 32.1. The summed E-state index contributed by atoms with van der Waals surface area (Å²) < 4.78 is 6.31. The molecular formula is C23H24N2O2S. The predicted molar refractivity (Wildman–Crippen MR) is 118 cm³/mol. The van der Waals surface area contributed by atoms with Gasteiger partial charge in [-0.3, -0.25) is 0 Å². The number of carbonyl (C=O) groups is 1. The van der Waals surface area contributed by atoms with Gasteiger partial charge in [0, 0.05) is 35.1 Å². The van der Waals surface area contributed by atoms with E-state index in [1.165, 1.54) is 35.4 Å². The Labute approximate surface area is 169 Å². The van der Waals surface area contributed by atoms with Gasteiger partial charge in [0.25, 0.3) is 0 Å². The summed E-state index contributed by atoms with van der Waals surface area (Å²) in [7, 11) is 0. The maximum Gasteiger partial charge on any atom is 0.341 e. The van der Waals surface area contributed by atoms with Crippen molar-refractivity contribution in [3.63, 3.8) is 0 Å². The van der Waals surface area contributed by atoms with Gasteiger partial charge in [0.2, 0.25) is 0 Å². The number of rotatable bonds is 5. The Hall–Kier alpha value is -2.66. The molecule has 0 aliphatic carbocycles. The van der Waals surface area contributed by atoms with Gasteiger partial charge in [-0.1, -0.05) is 24.3 Å². The van der Waals surface area contributed by atoms with Gasteiger partial charge in [-0.15, -0.1) is 11.3 Å². The van der Waals surface area contributed by atoms with E-state index in [-0.39, 0.29) is 5.97 Å². The molecule has 2 aromatic carbocycles. The first-order valence-corrected chi connectivity index (χ1v) is 10.6. The molecule has 4 nitrogen and oxygen atoms in total. The number of thiophene rings is 1. The summed E-state index contributed by atoms with van der Waals surface area (Å²) in [6.07, 6.45) is 4.40. The quantitative estimate of drug-likeness (QED) is 0.411. The molecule has 0 unspecified atom stereocenters. The molecule has 0 saturated carbocycles. The Morgan fingerprint density at radius 3 is 2.75 bits per heavy atom. The molecule has 0 N–H and O–H groups in total. The molecule has 0 spiro atoms. The number of hydrogen-bond acceptors (Lipinski definition) is 5. The SMILES string of the molecule is CCOC(=O)c1c(N=Cc2ccc(N3CCCC3)cc2C)sc2ccccc12. The Kier molecular flexibility index (Phi) is 5.44. The number of benzene rings is 2. The first-order chi connectivity index (χ1) is 13.7. The summed E-state index contributed by atoms with van der Waals surface area (Å²) in [4.78, 5) is 19.6. The fourth-order valence-electron chi connectivity index (χ4n) is 3.63. The number of ether oxygens (including phenoxy) is 1. The molecule has 2 heterocycles. The van der Waals surface area contributed by atoms with Crippen LogP contribution in [0.15, 0.2) is 47.5 Å². The Morgan fingerprint density at radius 2 is 2.00 bits per heavy atom. The molecule has 1 saturated heterocycles. The second-order valence-electron chi connectivity index (χ2n) is 6.99. The number of aliphatic imine (C=N–C) groups is 1. The molecule has 3 aromatic rings. The lowest BCUT2D eigenvalue weighted by Crippen LogP contribution is -2.17. The highest BCUT2D eigenvalue weighted by Crippen LogP contribution is 2.38. The second kappa shape index (κ2) is 8.15. The first kappa shape index (κ1) is 18.7. The van der Waals surface area contributed by atoms with E-state index in [0.717, 1.165) is 28.7 Å². The van der Waals surface area contributed by atoms with Gasteiger partial charge >= 0.3 is 5.97 Å². The predicted octanol–water partition coefficient (Wildman–Crippen LogP) is 5.74. The average molecular weight is 393 g/mol. The van der Waals surface area contributed by atoms with E-state index in [1.54, 1.807) is 0 Å². The average Bonchev–Trinajstić information content (AvgIpc) is 3.35. The first-order valence-electron chi connectivity index (χ1n) is 9.75. The van der Waals surface area contributed by atoms with Crippen LogP contribution in [0.25, 0.3) is 10.1 Å². The molecule has 144 valence electrons. The maximum atomic E-state index is 12.5. The van der Waals surface area contributed by atoms with E-state index in [9.17, 15) is 4.79 Å².